The van der Waals surface area contributed by atoms with Crippen molar-refractivity contribution in [1.29, 1.82) is 0 Å². The lowest BCUT2D eigenvalue weighted by Crippen LogP contribution is -2.38. The van der Waals surface area contributed by atoms with Crippen molar-refractivity contribution in [2.45, 2.75) is 38.8 Å². The minimum absolute atomic E-state index is 0.151. The highest BCUT2D eigenvalue weighted by Gasteiger charge is 2.05. The van der Waals surface area contributed by atoms with Crippen molar-refractivity contribution < 1.29 is 9.47 Å². The van der Waals surface area contributed by atoms with E-state index in [1.807, 2.05) is 0 Å². The van der Waals surface area contributed by atoms with E-state index in [0.29, 0.717) is 12.6 Å². The van der Waals surface area contributed by atoms with Crippen molar-refractivity contribution >= 4 is 0 Å². The van der Waals surface area contributed by atoms with E-state index in [0.717, 1.165) is 19.6 Å². The normalized spacial score (nSPS) is 13.3. The van der Waals surface area contributed by atoms with Crippen molar-refractivity contribution in [2.75, 3.05) is 40.5 Å². The first-order valence-electron chi connectivity index (χ1n) is 6.24. The summed E-state index contributed by atoms with van der Waals surface area (Å²) in [5.41, 5.74) is 0. The van der Waals surface area contributed by atoms with E-state index in [-0.39, 0.29) is 6.10 Å². The summed E-state index contributed by atoms with van der Waals surface area (Å²) in [5.74, 6) is 0. The van der Waals surface area contributed by atoms with Crippen LogP contribution >= 0.6 is 0 Å². The van der Waals surface area contributed by atoms with E-state index in [2.05, 4.69) is 24.5 Å². The molecule has 0 radical (unpaired) electrons. The molecule has 0 aromatic carbocycles. The lowest BCUT2D eigenvalue weighted by atomic mass is 10.2. The fourth-order valence-corrected chi connectivity index (χ4v) is 1.60. The minimum Gasteiger partial charge on any atom is -0.382 e. The quantitative estimate of drug-likeness (QED) is 0.522. The first-order valence-corrected chi connectivity index (χ1v) is 6.24. The van der Waals surface area contributed by atoms with Gasteiger partial charge in [-0.05, 0) is 12.8 Å². The van der Waals surface area contributed by atoms with E-state index in [4.69, 9.17) is 9.47 Å². The van der Waals surface area contributed by atoms with Gasteiger partial charge in [0, 0.05) is 39.9 Å². The van der Waals surface area contributed by atoms with Crippen LogP contribution in [0.3, 0.4) is 0 Å². The van der Waals surface area contributed by atoms with Crippen LogP contribution in [0.15, 0.2) is 0 Å². The van der Waals surface area contributed by atoms with Gasteiger partial charge in [0.25, 0.3) is 0 Å². The second-order valence-corrected chi connectivity index (χ2v) is 3.98. The molecule has 4 heteroatoms. The monoisotopic (exact) mass is 232 g/mol. The Labute approximate surface area is 100 Å². The summed E-state index contributed by atoms with van der Waals surface area (Å²) >= 11 is 0. The largest absolute Gasteiger partial charge is 0.382 e. The second kappa shape index (κ2) is 11.3. The molecule has 0 saturated heterocycles. The molecule has 0 heterocycles. The van der Waals surface area contributed by atoms with Gasteiger partial charge in [0.2, 0.25) is 0 Å². The molecule has 0 aliphatic carbocycles. The second-order valence-electron chi connectivity index (χ2n) is 3.98. The SMILES string of the molecule is CCC(CC)NCCNCC(COC)OC. The van der Waals surface area contributed by atoms with Gasteiger partial charge >= 0.3 is 0 Å². The van der Waals surface area contributed by atoms with E-state index >= 15 is 0 Å². The summed E-state index contributed by atoms with van der Waals surface area (Å²) in [5, 5.41) is 6.87. The zero-order valence-electron chi connectivity index (χ0n) is 11.2. The molecule has 0 fully saturated rings. The van der Waals surface area contributed by atoms with Gasteiger partial charge in [0.05, 0.1) is 12.7 Å². The first kappa shape index (κ1) is 15.8. The van der Waals surface area contributed by atoms with Crippen molar-refractivity contribution in [3.63, 3.8) is 0 Å². The molecule has 1 atom stereocenters. The van der Waals surface area contributed by atoms with Crippen molar-refractivity contribution in [3.05, 3.63) is 0 Å². The molecule has 0 aliphatic heterocycles. The van der Waals surface area contributed by atoms with E-state index < -0.39 is 0 Å². The Kier molecular flexibility index (Phi) is 11.2. The van der Waals surface area contributed by atoms with Gasteiger partial charge in [-0.25, -0.2) is 0 Å². The van der Waals surface area contributed by atoms with Gasteiger partial charge in [-0.3, -0.25) is 0 Å². The van der Waals surface area contributed by atoms with Crippen LogP contribution in [0.2, 0.25) is 0 Å². The lowest BCUT2D eigenvalue weighted by Gasteiger charge is -2.17. The predicted octanol–water partition coefficient (Wildman–Crippen LogP) is 1.02. The Hall–Kier alpha value is -0.160. The number of ether oxygens (including phenoxy) is 2. The van der Waals surface area contributed by atoms with Gasteiger partial charge in [-0.1, -0.05) is 13.8 Å². The summed E-state index contributed by atoms with van der Waals surface area (Å²) in [6, 6.07) is 0.652. The fraction of sp³-hybridized carbons (Fsp3) is 1.00. The summed E-state index contributed by atoms with van der Waals surface area (Å²) in [4.78, 5) is 0. The van der Waals surface area contributed by atoms with Gasteiger partial charge in [-0.2, -0.15) is 0 Å². The molecule has 0 aromatic heterocycles. The van der Waals surface area contributed by atoms with Crippen molar-refractivity contribution in [1.82, 2.24) is 10.6 Å². The fourth-order valence-electron chi connectivity index (χ4n) is 1.60. The standard InChI is InChI=1S/C12H28N2O2/c1-5-11(6-2)14-8-7-13-9-12(16-4)10-15-3/h11-14H,5-10H2,1-4H3. The maximum absolute atomic E-state index is 5.25. The van der Waals surface area contributed by atoms with E-state index in [1.54, 1.807) is 14.2 Å². The third kappa shape index (κ3) is 8.05. The van der Waals surface area contributed by atoms with Crippen LogP contribution in [0, 0.1) is 0 Å². The third-order valence-electron chi connectivity index (χ3n) is 2.78. The molecule has 2 N–H and O–H groups in total. The van der Waals surface area contributed by atoms with E-state index in [1.165, 1.54) is 12.8 Å². The average molecular weight is 232 g/mol. The molecule has 0 aromatic rings. The molecule has 0 bridgehead atoms. The van der Waals surface area contributed by atoms with Crippen LogP contribution in [-0.4, -0.2) is 52.6 Å². The Morgan fingerprint density at radius 1 is 1.06 bits per heavy atom. The highest BCUT2D eigenvalue weighted by molar-refractivity contribution is 4.65. The third-order valence-corrected chi connectivity index (χ3v) is 2.78. The molecule has 98 valence electrons. The number of hydrogen-bond donors (Lipinski definition) is 2. The van der Waals surface area contributed by atoms with Crippen LogP contribution in [0.1, 0.15) is 26.7 Å². The minimum atomic E-state index is 0.151. The molecule has 0 spiro atoms. The van der Waals surface area contributed by atoms with Crippen LogP contribution in [0.25, 0.3) is 0 Å². The zero-order valence-corrected chi connectivity index (χ0v) is 11.2. The highest BCUT2D eigenvalue weighted by atomic mass is 16.5. The van der Waals surface area contributed by atoms with E-state index in [9.17, 15) is 0 Å². The summed E-state index contributed by atoms with van der Waals surface area (Å²) in [7, 11) is 3.41. The maximum atomic E-state index is 5.25. The van der Waals surface area contributed by atoms with Crippen LogP contribution in [-0.2, 0) is 9.47 Å². The van der Waals surface area contributed by atoms with Crippen molar-refractivity contribution in [3.8, 4) is 0 Å². The number of nitrogens with one attached hydrogen (secondary N) is 2. The van der Waals surface area contributed by atoms with Gasteiger partial charge < -0.3 is 20.1 Å². The molecule has 16 heavy (non-hydrogen) atoms. The molecule has 1 unspecified atom stereocenters. The van der Waals surface area contributed by atoms with Gasteiger partial charge in [0.1, 0.15) is 0 Å². The maximum Gasteiger partial charge on any atom is 0.0928 e. The van der Waals surface area contributed by atoms with Gasteiger partial charge in [-0.15, -0.1) is 0 Å². The van der Waals surface area contributed by atoms with Crippen LogP contribution in [0.5, 0.6) is 0 Å². The molecular weight excluding hydrogens is 204 g/mol. The summed E-state index contributed by atoms with van der Waals surface area (Å²) < 4.78 is 10.3. The topological polar surface area (TPSA) is 42.5 Å². The molecule has 0 saturated carbocycles. The Balaban J connectivity index is 3.37. The van der Waals surface area contributed by atoms with Crippen LogP contribution in [0.4, 0.5) is 0 Å². The van der Waals surface area contributed by atoms with Crippen LogP contribution < -0.4 is 10.6 Å². The molecular formula is C12H28N2O2. The number of methoxy groups -OCH3 is 2. The molecule has 4 nitrogen and oxygen atoms in total. The molecule has 0 amide bonds. The van der Waals surface area contributed by atoms with Gasteiger partial charge in [0.15, 0.2) is 0 Å². The first-order chi connectivity index (χ1) is 7.78. The lowest BCUT2D eigenvalue weighted by molar-refractivity contribution is 0.0291. The highest BCUT2D eigenvalue weighted by Crippen LogP contribution is 1.94. The predicted molar refractivity (Wildman–Crippen MR) is 67.9 cm³/mol. The average Bonchev–Trinajstić information content (AvgIpc) is 2.32. The zero-order chi connectivity index (χ0) is 12.2. The molecule has 0 aliphatic rings. The molecule has 0 rings (SSSR count). The summed E-state index contributed by atoms with van der Waals surface area (Å²) in [6.45, 7) is 7.90. The Bertz CT molecular complexity index is 141. The van der Waals surface area contributed by atoms with Crippen molar-refractivity contribution in [2.24, 2.45) is 0 Å². The number of rotatable bonds is 11. The Morgan fingerprint density at radius 3 is 2.25 bits per heavy atom. The number of hydrogen-bond acceptors (Lipinski definition) is 4. The smallest absolute Gasteiger partial charge is 0.0928 e. The summed E-state index contributed by atoms with van der Waals surface area (Å²) in [6.07, 6.45) is 2.54. The Morgan fingerprint density at radius 2 is 1.75 bits per heavy atom.